The zero-order valence-corrected chi connectivity index (χ0v) is 11.4. The third-order valence-electron chi connectivity index (χ3n) is 3.30. The first-order valence-corrected chi connectivity index (χ1v) is 6.56. The van der Waals surface area contributed by atoms with Crippen molar-refractivity contribution in [2.45, 2.75) is 18.6 Å². The van der Waals surface area contributed by atoms with Gasteiger partial charge >= 0.3 is 6.18 Å². The summed E-state index contributed by atoms with van der Waals surface area (Å²) in [6.45, 7) is 3.65. The first-order chi connectivity index (χ1) is 9.91. The van der Waals surface area contributed by atoms with Crippen molar-refractivity contribution >= 4 is 0 Å². The second-order valence-electron chi connectivity index (χ2n) is 4.83. The van der Waals surface area contributed by atoms with Crippen LogP contribution in [0.2, 0.25) is 0 Å². The molecule has 0 radical (unpaired) electrons. The molecule has 110 valence electrons. The van der Waals surface area contributed by atoms with Crippen LogP contribution in [0.3, 0.4) is 0 Å². The Labute approximate surface area is 121 Å². The van der Waals surface area contributed by atoms with Crippen molar-refractivity contribution in [2.24, 2.45) is 5.73 Å². The van der Waals surface area contributed by atoms with Gasteiger partial charge in [0, 0.05) is 6.04 Å². The number of alkyl halides is 3. The highest BCUT2D eigenvalue weighted by molar-refractivity contribution is 5.64. The molecule has 0 amide bonds. The van der Waals surface area contributed by atoms with Gasteiger partial charge in [0.25, 0.3) is 0 Å². The molecule has 21 heavy (non-hydrogen) atoms. The number of benzene rings is 2. The van der Waals surface area contributed by atoms with E-state index in [1.165, 1.54) is 12.1 Å². The van der Waals surface area contributed by atoms with Gasteiger partial charge in [-0.2, -0.15) is 13.2 Å². The second kappa shape index (κ2) is 6.14. The van der Waals surface area contributed by atoms with Crippen LogP contribution in [0.15, 0.2) is 61.2 Å². The van der Waals surface area contributed by atoms with Crippen LogP contribution in [-0.2, 0) is 6.18 Å². The average Bonchev–Trinajstić information content (AvgIpc) is 2.47. The van der Waals surface area contributed by atoms with Gasteiger partial charge in [0.05, 0.1) is 5.56 Å². The van der Waals surface area contributed by atoms with Crippen molar-refractivity contribution in [1.29, 1.82) is 0 Å². The molecule has 0 fully saturated rings. The van der Waals surface area contributed by atoms with Gasteiger partial charge in [-0.25, -0.2) is 0 Å². The van der Waals surface area contributed by atoms with Crippen molar-refractivity contribution in [3.63, 3.8) is 0 Å². The lowest BCUT2D eigenvalue weighted by molar-refractivity contribution is -0.137. The van der Waals surface area contributed by atoms with E-state index in [9.17, 15) is 13.2 Å². The smallest absolute Gasteiger partial charge is 0.324 e. The normalized spacial score (nSPS) is 13.0. The molecule has 1 atom stereocenters. The largest absolute Gasteiger partial charge is 0.416 e. The Bertz CT molecular complexity index is 597. The third-order valence-corrected chi connectivity index (χ3v) is 3.30. The van der Waals surface area contributed by atoms with Crippen LogP contribution in [-0.4, -0.2) is 0 Å². The summed E-state index contributed by atoms with van der Waals surface area (Å²) in [6, 6.07) is 12.5. The van der Waals surface area contributed by atoms with Gasteiger partial charge in [-0.05, 0) is 35.2 Å². The fourth-order valence-corrected chi connectivity index (χ4v) is 2.09. The third kappa shape index (κ3) is 3.73. The van der Waals surface area contributed by atoms with Gasteiger partial charge in [-0.3, -0.25) is 0 Å². The molecule has 0 aromatic heterocycles. The van der Waals surface area contributed by atoms with Crippen LogP contribution in [0.25, 0.3) is 11.1 Å². The van der Waals surface area contributed by atoms with Gasteiger partial charge in [0.2, 0.25) is 0 Å². The highest BCUT2D eigenvalue weighted by atomic mass is 19.4. The SMILES string of the molecule is C=CC[C@H](N)c1ccc(-c2ccc(C(F)(F)F)cc2)cc1. The molecule has 0 aliphatic carbocycles. The van der Waals surface area contributed by atoms with Crippen molar-refractivity contribution in [1.82, 2.24) is 0 Å². The maximum absolute atomic E-state index is 12.5. The molecule has 0 aliphatic heterocycles. The highest BCUT2D eigenvalue weighted by Gasteiger charge is 2.29. The van der Waals surface area contributed by atoms with Gasteiger partial charge in [-0.15, -0.1) is 6.58 Å². The number of halogens is 3. The summed E-state index contributed by atoms with van der Waals surface area (Å²) in [6.07, 6.45) is -1.87. The summed E-state index contributed by atoms with van der Waals surface area (Å²) >= 11 is 0. The lowest BCUT2D eigenvalue weighted by Crippen LogP contribution is -2.08. The first-order valence-electron chi connectivity index (χ1n) is 6.56. The standard InChI is InChI=1S/C17H16F3N/c1-2-3-16(21)14-6-4-12(5-7-14)13-8-10-15(11-9-13)17(18,19)20/h2,4-11,16H,1,3,21H2/t16-/m0/s1. The lowest BCUT2D eigenvalue weighted by Gasteiger charge is -2.11. The van der Waals surface area contributed by atoms with Crippen molar-refractivity contribution in [3.8, 4) is 11.1 Å². The average molecular weight is 291 g/mol. The summed E-state index contributed by atoms with van der Waals surface area (Å²) in [4.78, 5) is 0. The zero-order chi connectivity index (χ0) is 15.5. The van der Waals surface area contributed by atoms with Crippen LogP contribution in [0.5, 0.6) is 0 Å². The van der Waals surface area contributed by atoms with Crippen molar-refractivity contribution in [3.05, 3.63) is 72.3 Å². The summed E-state index contributed by atoms with van der Waals surface area (Å²) < 4.78 is 37.5. The van der Waals surface area contributed by atoms with E-state index in [-0.39, 0.29) is 6.04 Å². The topological polar surface area (TPSA) is 26.0 Å². The minimum atomic E-state index is -4.31. The van der Waals surface area contributed by atoms with E-state index in [0.29, 0.717) is 6.42 Å². The minimum Gasteiger partial charge on any atom is -0.324 e. The summed E-state index contributed by atoms with van der Waals surface area (Å²) in [5, 5.41) is 0. The van der Waals surface area contributed by atoms with Gasteiger partial charge < -0.3 is 5.73 Å². The summed E-state index contributed by atoms with van der Waals surface area (Å²) in [7, 11) is 0. The van der Waals surface area contributed by atoms with Gasteiger partial charge in [-0.1, -0.05) is 42.5 Å². The molecule has 2 N–H and O–H groups in total. The van der Waals surface area contributed by atoms with E-state index < -0.39 is 11.7 Å². The predicted molar refractivity (Wildman–Crippen MR) is 78.6 cm³/mol. The molecule has 0 saturated carbocycles. The van der Waals surface area contributed by atoms with E-state index in [4.69, 9.17) is 5.73 Å². The molecule has 0 aliphatic rings. The fraction of sp³-hybridized carbons (Fsp3) is 0.176. The van der Waals surface area contributed by atoms with E-state index in [1.54, 1.807) is 6.08 Å². The molecule has 0 saturated heterocycles. The maximum atomic E-state index is 12.5. The Hall–Kier alpha value is -2.07. The molecular weight excluding hydrogens is 275 g/mol. The van der Waals surface area contributed by atoms with Gasteiger partial charge in [0.15, 0.2) is 0 Å². The number of hydrogen-bond acceptors (Lipinski definition) is 1. The first kappa shape index (κ1) is 15.3. The monoisotopic (exact) mass is 291 g/mol. The van der Waals surface area contributed by atoms with E-state index in [2.05, 4.69) is 6.58 Å². The number of rotatable bonds is 4. The summed E-state index contributed by atoms with van der Waals surface area (Å²) in [5.74, 6) is 0. The minimum absolute atomic E-state index is 0.107. The molecule has 0 bridgehead atoms. The quantitative estimate of drug-likeness (QED) is 0.793. The highest BCUT2D eigenvalue weighted by Crippen LogP contribution is 2.31. The molecule has 4 heteroatoms. The Morgan fingerprint density at radius 1 is 0.952 bits per heavy atom. The Morgan fingerprint density at radius 2 is 1.43 bits per heavy atom. The molecule has 2 aromatic carbocycles. The Balaban J connectivity index is 2.21. The number of nitrogens with two attached hydrogens (primary N) is 1. The Kier molecular flexibility index (Phi) is 4.48. The molecule has 0 spiro atoms. The van der Waals surface area contributed by atoms with Crippen LogP contribution in [0.1, 0.15) is 23.6 Å². The van der Waals surface area contributed by atoms with E-state index in [0.717, 1.165) is 28.8 Å². The molecule has 0 unspecified atom stereocenters. The van der Waals surface area contributed by atoms with Crippen LogP contribution < -0.4 is 5.73 Å². The van der Waals surface area contributed by atoms with Crippen molar-refractivity contribution < 1.29 is 13.2 Å². The van der Waals surface area contributed by atoms with E-state index >= 15 is 0 Å². The molecule has 2 rings (SSSR count). The van der Waals surface area contributed by atoms with E-state index in [1.807, 2.05) is 24.3 Å². The van der Waals surface area contributed by atoms with Crippen LogP contribution in [0, 0.1) is 0 Å². The molecule has 2 aromatic rings. The lowest BCUT2D eigenvalue weighted by atomic mass is 9.99. The predicted octanol–water partition coefficient (Wildman–Crippen LogP) is 4.95. The van der Waals surface area contributed by atoms with Crippen LogP contribution >= 0.6 is 0 Å². The maximum Gasteiger partial charge on any atom is 0.416 e. The van der Waals surface area contributed by atoms with Gasteiger partial charge in [0.1, 0.15) is 0 Å². The summed E-state index contributed by atoms with van der Waals surface area (Å²) in [5.41, 5.74) is 7.90. The van der Waals surface area contributed by atoms with Crippen molar-refractivity contribution in [2.75, 3.05) is 0 Å². The molecule has 0 heterocycles. The Morgan fingerprint density at radius 3 is 1.86 bits per heavy atom. The molecular formula is C17H16F3N. The fourth-order valence-electron chi connectivity index (χ4n) is 2.09. The number of hydrogen-bond donors (Lipinski definition) is 1. The second-order valence-corrected chi connectivity index (χ2v) is 4.83. The zero-order valence-electron chi connectivity index (χ0n) is 11.4. The van der Waals surface area contributed by atoms with Crippen LogP contribution in [0.4, 0.5) is 13.2 Å². The molecule has 1 nitrogen and oxygen atoms in total.